The van der Waals surface area contributed by atoms with E-state index in [4.69, 9.17) is 0 Å². The molecular formula is C38H47N3O2. The summed E-state index contributed by atoms with van der Waals surface area (Å²) in [6.07, 6.45) is 7.20. The summed E-state index contributed by atoms with van der Waals surface area (Å²) < 4.78 is 0. The Kier molecular flexibility index (Phi) is 8.83. The number of carbonyl (C=O) groups excluding carboxylic acids is 2. The zero-order valence-electron chi connectivity index (χ0n) is 26.1. The van der Waals surface area contributed by atoms with Crippen LogP contribution in [0.25, 0.3) is 0 Å². The van der Waals surface area contributed by atoms with E-state index in [1.54, 1.807) is 0 Å². The van der Waals surface area contributed by atoms with Crippen LogP contribution in [-0.4, -0.2) is 36.7 Å². The highest BCUT2D eigenvalue weighted by molar-refractivity contribution is 5.86. The van der Waals surface area contributed by atoms with Gasteiger partial charge in [-0.1, -0.05) is 81.4 Å². The summed E-state index contributed by atoms with van der Waals surface area (Å²) >= 11 is 0. The standard InChI is InChI=1S/C38H47N3O2/c1-38(2,3)30-16-18-31(19-17-30)41-34(28-12-8-26(9-13-28)24-36(42)32-6-4-22-39-32)20-21-35(41)29-14-10-27(11-15-29)25-37(43)33-7-5-23-40-33/h8-19,32-35,39-40H,4-7,20-25H2,1-3H3/t32-,33-,34?,35?/m0/s1. The maximum atomic E-state index is 12.7. The molecule has 3 saturated heterocycles. The fourth-order valence-corrected chi connectivity index (χ4v) is 7.24. The predicted octanol–water partition coefficient (Wildman–Crippen LogP) is 6.79. The largest absolute Gasteiger partial charge is 0.357 e. The van der Waals surface area contributed by atoms with Crippen molar-refractivity contribution in [3.05, 3.63) is 101 Å². The first-order chi connectivity index (χ1) is 20.8. The highest BCUT2D eigenvalue weighted by atomic mass is 16.1. The quantitative estimate of drug-likeness (QED) is 0.293. The molecule has 3 aromatic carbocycles. The first-order valence-electron chi connectivity index (χ1n) is 16.3. The van der Waals surface area contributed by atoms with Crippen LogP contribution >= 0.6 is 0 Å². The Morgan fingerprint density at radius 3 is 1.47 bits per heavy atom. The number of benzene rings is 3. The Balaban J connectivity index is 1.23. The molecule has 0 aliphatic carbocycles. The normalized spacial score (nSPS) is 24.0. The summed E-state index contributed by atoms with van der Waals surface area (Å²) in [5.74, 6) is 0.604. The highest BCUT2D eigenvalue weighted by Gasteiger charge is 2.36. The van der Waals surface area contributed by atoms with E-state index in [0.717, 1.165) is 62.7 Å². The van der Waals surface area contributed by atoms with E-state index in [1.807, 2.05) is 0 Å². The summed E-state index contributed by atoms with van der Waals surface area (Å²) in [5, 5.41) is 6.68. The Bertz CT molecular complexity index is 1310. The molecule has 3 heterocycles. The van der Waals surface area contributed by atoms with Crippen molar-refractivity contribution in [2.45, 2.75) is 102 Å². The number of hydrogen-bond donors (Lipinski definition) is 2. The van der Waals surface area contributed by atoms with E-state index in [9.17, 15) is 9.59 Å². The zero-order chi connectivity index (χ0) is 30.0. The number of carbonyl (C=O) groups is 2. The van der Waals surface area contributed by atoms with Crippen LogP contribution in [0.15, 0.2) is 72.8 Å². The van der Waals surface area contributed by atoms with Gasteiger partial charge in [0.1, 0.15) is 0 Å². The van der Waals surface area contributed by atoms with E-state index in [1.165, 1.54) is 22.4 Å². The Morgan fingerprint density at radius 1 is 0.651 bits per heavy atom. The van der Waals surface area contributed by atoms with Crippen molar-refractivity contribution in [3.8, 4) is 0 Å². The van der Waals surface area contributed by atoms with Crippen LogP contribution in [0, 0.1) is 0 Å². The molecule has 2 unspecified atom stereocenters. The average Bonchev–Trinajstić information content (AvgIpc) is 3.80. The van der Waals surface area contributed by atoms with Gasteiger partial charge in [-0.05, 0) is 97.0 Å². The molecule has 5 heteroatoms. The van der Waals surface area contributed by atoms with Crippen molar-refractivity contribution in [2.75, 3.05) is 18.0 Å². The SMILES string of the molecule is CC(C)(C)c1ccc(N2C(c3ccc(CC(=O)[C@@H]4CCCN4)cc3)CCC2c2ccc(CC(=O)[C@@H]3CCCN3)cc2)cc1. The smallest absolute Gasteiger partial charge is 0.154 e. The fourth-order valence-electron chi connectivity index (χ4n) is 7.24. The van der Waals surface area contributed by atoms with Crippen molar-refractivity contribution < 1.29 is 9.59 Å². The molecule has 226 valence electrons. The molecule has 0 bridgehead atoms. The van der Waals surface area contributed by atoms with Crippen LogP contribution in [0.2, 0.25) is 0 Å². The van der Waals surface area contributed by atoms with Crippen LogP contribution in [-0.2, 0) is 27.8 Å². The Morgan fingerprint density at radius 2 is 1.09 bits per heavy atom. The van der Waals surface area contributed by atoms with E-state index < -0.39 is 0 Å². The molecule has 0 saturated carbocycles. The topological polar surface area (TPSA) is 61.4 Å². The molecule has 43 heavy (non-hydrogen) atoms. The maximum absolute atomic E-state index is 12.7. The summed E-state index contributed by atoms with van der Waals surface area (Å²) in [6.45, 7) is 8.67. The van der Waals surface area contributed by atoms with E-state index >= 15 is 0 Å². The van der Waals surface area contributed by atoms with Gasteiger partial charge >= 0.3 is 0 Å². The van der Waals surface area contributed by atoms with Crippen molar-refractivity contribution in [3.63, 3.8) is 0 Å². The van der Waals surface area contributed by atoms with Crippen molar-refractivity contribution in [1.29, 1.82) is 0 Å². The minimum absolute atomic E-state index is 0.0192. The number of hydrogen-bond acceptors (Lipinski definition) is 5. The monoisotopic (exact) mass is 577 g/mol. The minimum atomic E-state index is 0.0192. The van der Waals surface area contributed by atoms with E-state index in [0.29, 0.717) is 24.4 Å². The molecule has 6 rings (SSSR count). The Labute approximate surface area is 257 Å². The van der Waals surface area contributed by atoms with Crippen LogP contribution < -0.4 is 15.5 Å². The van der Waals surface area contributed by atoms with Gasteiger partial charge in [-0.3, -0.25) is 9.59 Å². The van der Waals surface area contributed by atoms with Crippen molar-refractivity contribution in [2.24, 2.45) is 0 Å². The number of rotatable bonds is 9. The lowest BCUT2D eigenvalue weighted by molar-refractivity contribution is -0.120. The first-order valence-corrected chi connectivity index (χ1v) is 16.3. The van der Waals surface area contributed by atoms with Gasteiger partial charge in [-0.15, -0.1) is 0 Å². The van der Waals surface area contributed by atoms with Gasteiger partial charge in [-0.25, -0.2) is 0 Å². The summed E-state index contributed by atoms with van der Waals surface area (Å²) in [4.78, 5) is 28.1. The molecule has 3 aromatic rings. The number of anilines is 1. The van der Waals surface area contributed by atoms with Gasteiger partial charge in [0.2, 0.25) is 0 Å². The van der Waals surface area contributed by atoms with Gasteiger partial charge in [0, 0.05) is 18.5 Å². The van der Waals surface area contributed by atoms with Gasteiger partial charge in [0.05, 0.1) is 24.2 Å². The molecule has 0 aromatic heterocycles. The third-order valence-corrected chi connectivity index (χ3v) is 9.80. The fraction of sp³-hybridized carbons (Fsp3) is 0.474. The first kappa shape index (κ1) is 29.8. The molecule has 3 aliphatic heterocycles. The molecule has 5 nitrogen and oxygen atoms in total. The second kappa shape index (κ2) is 12.8. The molecule has 3 aliphatic rings. The lowest BCUT2D eigenvalue weighted by Crippen LogP contribution is -2.31. The molecule has 0 spiro atoms. The average molecular weight is 578 g/mol. The van der Waals surface area contributed by atoms with Crippen LogP contribution in [0.5, 0.6) is 0 Å². The van der Waals surface area contributed by atoms with Gasteiger partial charge in [0.15, 0.2) is 11.6 Å². The van der Waals surface area contributed by atoms with E-state index in [2.05, 4.69) is 109 Å². The van der Waals surface area contributed by atoms with Crippen molar-refractivity contribution in [1.82, 2.24) is 10.6 Å². The third-order valence-electron chi connectivity index (χ3n) is 9.80. The number of Topliss-reactive ketones (excluding diaryl/α,β-unsaturated/α-hetero) is 2. The number of nitrogens with zero attached hydrogens (tertiary/aromatic N) is 1. The predicted molar refractivity (Wildman–Crippen MR) is 175 cm³/mol. The minimum Gasteiger partial charge on any atom is -0.357 e. The maximum Gasteiger partial charge on any atom is 0.154 e. The molecule has 4 atom stereocenters. The second-order valence-electron chi connectivity index (χ2n) is 13.9. The Hall–Kier alpha value is -3.28. The zero-order valence-corrected chi connectivity index (χ0v) is 26.1. The molecule has 0 radical (unpaired) electrons. The van der Waals surface area contributed by atoms with Crippen LogP contribution in [0.3, 0.4) is 0 Å². The summed E-state index contributed by atoms with van der Waals surface area (Å²) in [7, 11) is 0. The summed E-state index contributed by atoms with van der Waals surface area (Å²) in [6, 6.07) is 27.2. The number of nitrogens with one attached hydrogen (secondary N) is 2. The van der Waals surface area contributed by atoms with Crippen LogP contribution in [0.1, 0.15) is 99.2 Å². The summed E-state index contributed by atoms with van der Waals surface area (Å²) in [5.41, 5.74) is 7.45. The third kappa shape index (κ3) is 6.78. The van der Waals surface area contributed by atoms with Crippen molar-refractivity contribution >= 4 is 17.3 Å². The molecule has 2 N–H and O–H groups in total. The second-order valence-corrected chi connectivity index (χ2v) is 13.9. The number of ketones is 2. The van der Waals surface area contributed by atoms with E-state index in [-0.39, 0.29) is 29.6 Å². The van der Waals surface area contributed by atoms with Gasteiger partial charge in [-0.2, -0.15) is 0 Å². The molecule has 0 amide bonds. The van der Waals surface area contributed by atoms with Gasteiger partial charge < -0.3 is 15.5 Å². The van der Waals surface area contributed by atoms with Gasteiger partial charge in [0.25, 0.3) is 0 Å². The van der Waals surface area contributed by atoms with Crippen LogP contribution in [0.4, 0.5) is 5.69 Å². The molecular weight excluding hydrogens is 530 g/mol. The lowest BCUT2D eigenvalue weighted by Gasteiger charge is -2.34. The highest BCUT2D eigenvalue weighted by Crippen LogP contribution is 2.47. The molecule has 3 fully saturated rings. The lowest BCUT2D eigenvalue weighted by atomic mass is 9.87.